The standard InChI is InChI=1S/C9H12N2O3/c1-13-6-4-3-5-7(14-2)8(6)11-9(10)12/h3-5H,1-2H3,(H3,10,11,12). The number of nitrogens with two attached hydrogens (primary N) is 1. The summed E-state index contributed by atoms with van der Waals surface area (Å²) in [6.45, 7) is 0. The van der Waals surface area contributed by atoms with E-state index in [1.165, 1.54) is 14.2 Å². The Morgan fingerprint density at radius 2 is 1.79 bits per heavy atom. The van der Waals surface area contributed by atoms with E-state index < -0.39 is 6.03 Å². The first kappa shape index (κ1) is 10.2. The van der Waals surface area contributed by atoms with Crippen LogP contribution in [0, 0.1) is 0 Å². The third kappa shape index (κ3) is 2.07. The van der Waals surface area contributed by atoms with Crippen molar-refractivity contribution in [3.8, 4) is 11.5 Å². The summed E-state index contributed by atoms with van der Waals surface area (Å²) in [5.41, 5.74) is 5.45. The molecule has 0 atom stereocenters. The van der Waals surface area contributed by atoms with Crippen molar-refractivity contribution in [3.63, 3.8) is 0 Å². The minimum absolute atomic E-state index is 0.435. The molecule has 1 aromatic carbocycles. The fourth-order valence-electron chi connectivity index (χ4n) is 1.10. The first-order chi connectivity index (χ1) is 6.69. The van der Waals surface area contributed by atoms with E-state index in [9.17, 15) is 4.79 Å². The van der Waals surface area contributed by atoms with Crippen molar-refractivity contribution in [1.82, 2.24) is 0 Å². The van der Waals surface area contributed by atoms with Crippen molar-refractivity contribution in [1.29, 1.82) is 0 Å². The van der Waals surface area contributed by atoms with Gasteiger partial charge >= 0.3 is 6.03 Å². The van der Waals surface area contributed by atoms with E-state index in [0.29, 0.717) is 17.2 Å². The van der Waals surface area contributed by atoms with Crippen LogP contribution in [0.25, 0.3) is 0 Å². The molecule has 5 nitrogen and oxygen atoms in total. The first-order valence-electron chi connectivity index (χ1n) is 3.96. The second-order valence-electron chi connectivity index (χ2n) is 2.53. The van der Waals surface area contributed by atoms with Gasteiger partial charge in [-0.25, -0.2) is 4.79 Å². The molecule has 2 amide bonds. The van der Waals surface area contributed by atoms with Crippen LogP contribution in [0.5, 0.6) is 11.5 Å². The van der Waals surface area contributed by atoms with Crippen LogP contribution in [0.3, 0.4) is 0 Å². The highest BCUT2D eigenvalue weighted by Gasteiger charge is 2.10. The summed E-state index contributed by atoms with van der Waals surface area (Å²) in [7, 11) is 3.00. The molecule has 0 spiro atoms. The van der Waals surface area contributed by atoms with Crippen LogP contribution >= 0.6 is 0 Å². The van der Waals surface area contributed by atoms with Gasteiger partial charge in [0.25, 0.3) is 0 Å². The molecule has 1 rings (SSSR count). The molecule has 0 saturated heterocycles. The van der Waals surface area contributed by atoms with Gasteiger partial charge in [0.2, 0.25) is 0 Å². The Balaban J connectivity index is 3.12. The van der Waals surface area contributed by atoms with Crippen LogP contribution in [0.1, 0.15) is 0 Å². The summed E-state index contributed by atoms with van der Waals surface area (Å²) in [6.07, 6.45) is 0. The normalized spacial score (nSPS) is 9.29. The van der Waals surface area contributed by atoms with Crippen molar-refractivity contribution in [3.05, 3.63) is 18.2 Å². The highest BCUT2D eigenvalue weighted by atomic mass is 16.5. The highest BCUT2D eigenvalue weighted by molar-refractivity contribution is 5.91. The zero-order valence-electron chi connectivity index (χ0n) is 8.03. The molecule has 1 aromatic rings. The monoisotopic (exact) mass is 196 g/mol. The van der Waals surface area contributed by atoms with Crippen molar-refractivity contribution in [2.24, 2.45) is 5.73 Å². The first-order valence-corrected chi connectivity index (χ1v) is 3.96. The molecule has 0 heterocycles. The molecule has 0 radical (unpaired) electrons. The number of anilines is 1. The van der Waals surface area contributed by atoms with E-state index in [-0.39, 0.29) is 0 Å². The predicted octanol–water partition coefficient (Wildman–Crippen LogP) is 1.19. The van der Waals surface area contributed by atoms with Crippen LogP contribution in [0.15, 0.2) is 18.2 Å². The molecule has 0 aliphatic rings. The molecule has 0 unspecified atom stereocenters. The van der Waals surface area contributed by atoms with E-state index in [0.717, 1.165) is 0 Å². The fourth-order valence-corrected chi connectivity index (χ4v) is 1.10. The van der Waals surface area contributed by atoms with Crippen LogP contribution in [-0.2, 0) is 0 Å². The van der Waals surface area contributed by atoms with E-state index >= 15 is 0 Å². The maximum absolute atomic E-state index is 10.7. The number of ether oxygens (including phenoxy) is 2. The van der Waals surface area contributed by atoms with Crippen molar-refractivity contribution >= 4 is 11.7 Å². The quantitative estimate of drug-likeness (QED) is 0.762. The lowest BCUT2D eigenvalue weighted by Gasteiger charge is -2.12. The average molecular weight is 196 g/mol. The summed E-state index contributed by atoms with van der Waals surface area (Å²) in [5, 5.41) is 2.43. The molecule has 5 heteroatoms. The summed E-state index contributed by atoms with van der Waals surface area (Å²) < 4.78 is 10.1. The average Bonchev–Trinajstić information content (AvgIpc) is 2.17. The number of primary amides is 1. The summed E-state index contributed by atoms with van der Waals surface area (Å²) in [5.74, 6) is 1.01. The Labute approximate surface area is 81.8 Å². The Morgan fingerprint density at radius 1 is 1.29 bits per heavy atom. The lowest BCUT2D eigenvalue weighted by molar-refractivity contribution is 0.259. The Hall–Kier alpha value is -1.91. The van der Waals surface area contributed by atoms with Gasteiger partial charge in [-0.15, -0.1) is 0 Å². The third-order valence-corrected chi connectivity index (χ3v) is 1.68. The molecular formula is C9H12N2O3. The molecule has 0 saturated carbocycles. The number of para-hydroxylation sites is 1. The number of carbonyl (C=O) groups excluding carboxylic acids is 1. The van der Waals surface area contributed by atoms with Gasteiger partial charge in [-0.2, -0.15) is 0 Å². The number of rotatable bonds is 3. The Morgan fingerprint density at radius 3 is 2.14 bits per heavy atom. The smallest absolute Gasteiger partial charge is 0.316 e. The number of benzene rings is 1. The lowest BCUT2D eigenvalue weighted by Crippen LogP contribution is -2.20. The lowest BCUT2D eigenvalue weighted by atomic mass is 10.2. The van der Waals surface area contributed by atoms with Gasteiger partial charge in [0.15, 0.2) is 0 Å². The maximum atomic E-state index is 10.7. The van der Waals surface area contributed by atoms with Gasteiger partial charge in [0.05, 0.1) is 14.2 Å². The van der Waals surface area contributed by atoms with E-state index in [1.807, 2.05) is 0 Å². The number of methoxy groups -OCH3 is 2. The molecule has 0 bridgehead atoms. The van der Waals surface area contributed by atoms with Crippen LogP contribution in [-0.4, -0.2) is 20.3 Å². The molecule has 0 aromatic heterocycles. The van der Waals surface area contributed by atoms with Gasteiger partial charge in [0.1, 0.15) is 17.2 Å². The summed E-state index contributed by atoms with van der Waals surface area (Å²) in [6, 6.07) is 4.50. The van der Waals surface area contributed by atoms with Crippen molar-refractivity contribution in [2.75, 3.05) is 19.5 Å². The minimum Gasteiger partial charge on any atom is -0.494 e. The second-order valence-corrected chi connectivity index (χ2v) is 2.53. The number of carbonyl (C=O) groups is 1. The molecule has 0 aliphatic heterocycles. The van der Waals surface area contributed by atoms with Gasteiger partial charge in [-0.05, 0) is 12.1 Å². The van der Waals surface area contributed by atoms with E-state index in [1.54, 1.807) is 18.2 Å². The largest absolute Gasteiger partial charge is 0.494 e. The van der Waals surface area contributed by atoms with Gasteiger partial charge in [-0.1, -0.05) is 6.07 Å². The Bertz CT molecular complexity index is 317. The van der Waals surface area contributed by atoms with Crippen LogP contribution < -0.4 is 20.5 Å². The van der Waals surface area contributed by atoms with Gasteiger partial charge in [-0.3, -0.25) is 0 Å². The minimum atomic E-state index is -0.659. The van der Waals surface area contributed by atoms with Gasteiger partial charge < -0.3 is 20.5 Å². The third-order valence-electron chi connectivity index (χ3n) is 1.68. The molecule has 76 valence electrons. The second kappa shape index (κ2) is 4.36. The van der Waals surface area contributed by atoms with Crippen molar-refractivity contribution < 1.29 is 14.3 Å². The topological polar surface area (TPSA) is 73.6 Å². The highest BCUT2D eigenvalue weighted by Crippen LogP contribution is 2.33. The Kier molecular flexibility index (Phi) is 3.17. The van der Waals surface area contributed by atoms with Gasteiger partial charge in [0, 0.05) is 0 Å². The number of nitrogens with one attached hydrogen (secondary N) is 1. The molecular weight excluding hydrogens is 184 g/mol. The van der Waals surface area contributed by atoms with E-state index in [4.69, 9.17) is 15.2 Å². The fraction of sp³-hybridized carbons (Fsp3) is 0.222. The molecule has 14 heavy (non-hydrogen) atoms. The molecule has 0 aliphatic carbocycles. The van der Waals surface area contributed by atoms with Crippen molar-refractivity contribution in [2.45, 2.75) is 0 Å². The van der Waals surface area contributed by atoms with Crippen LogP contribution in [0.4, 0.5) is 10.5 Å². The SMILES string of the molecule is COc1cccc(OC)c1NC(N)=O. The molecule has 3 N–H and O–H groups in total. The predicted molar refractivity (Wildman–Crippen MR) is 52.8 cm³/mol. The van der Waals surface area contributed by atoms with E-state index in [2.05, 4.69) is 5.32 Å². The number of hydrogen-bond donors (Lipinski definition) is 2. The maximum Gasteiger partial charge on any atom is 0.316 e. The zero-order chi connectivity index (χ0) is 10.6. The molecule has 0 fully saturated rings. The van der Waals surface area contributed by atoms with Crippen LogP contribution in [0.2, 0.25) is 0 Å². The summed E-state index contributed by atoms with van der Waals surface area (Å²) >= 11 is 0. The number of amides is 2. The number of urea groups is 1. The number of hydrogen-bond acceptors (Lipinski definition) is 3. The summed E-state index contributed by atoms with van der Waals surface area (Å²) in [4.78, 5) is 10.7. The zero-order valence-corrected chi connectivity index (χ0v) is 8.03.